The molecule has 0 saturated carbocycles. The normalized spacial score (nSPS) is 19.9. The van der Waals surface area contributed by atoms with E-state index in [4.69, 9.17) is 4.74 Å². The number of halogens is 1. The van der Waals surface area contributed by atoms with Crippen LogP contribution in [-0.4, -0.2) is 21.9 Å². The predicted octanol–water partition coefficient (Wildman–Crippen LogP) is 1.56. The van der Waals surface area contributed by atoms with E-state index in [0.29, 0.717) is 6.42 Å². The SMILES string of the molecule is CC(=O)NC(I)C1CC(=O)N1.c1cc2cc(c1)O2. The standard InChI is InChI=1S/C6H9IN2O2.C6H4O/c1-3(10)8-6(7)4-2-5(11)9-4;1-2-5-4-6(3-1)7-5/h4,6H,2H2,1H3,(H,8,10)(H,9,11);1-4H. The highest BCUT2D eigenvalue weighted by Crippen LogP contribution is 2.32. The fourth-order valence-corrected chi connectivity index (χ4v) is 2.41. The Morgan fingerprint density at radius 3 is 2.39 bits per heavy atom. The monoisotopic (exact) mass is 360 g/mol. The van der Waals surface area contributed by atoms with Crippen molar-refractivity contribution < 1.29 is 14.3 Å². The smallest absolute Gasteiger partial charge is 0.222 e. The van der Waals surface area contributed by atoms with Crippen molar-refractivity contribution in [3.8, 4) is 11.5 Å². The molecule has 0 spiro atoms. The van der Waals surface area contributed by atoms with Gasteiger partial charge in [-0.2, -0.15) is 0 Å². The summed E-state index contributed by atoms with van der Waals surface area (Å²) >= 11 is 2.10. The molecule has 5 nitrogen and oxygen atoms in total. The maximum absolute atomic E-state index is 10.6. The Balaban J connectivity index is 0.000000146. The minimum absolute atomic E-state index is 0.0165. The lowest BCUT2D eigenvalue weighted by Gasteiger charge is -2.31. The van der Waals surface area contributed by atoms with Crippen LogP contribution in [0.15, 0.2) is 24.3 Å². The van der Waals surface area contributed by atoms with Crippen LogP contribution in [-0.2, 0) is 9.59 Å². The number of benzene rings is 1. The number of nitrogens with one attached hydrogen (secondary N) is 2. The fourth-order valence-electron chi connectivity index (χ4n) is 1.54. The number of amides is 2. The molecule has 6 heteroatoms. The first-order chi connectivity index (χ1) is 8.54. The van der Waals surface area contributed by atoms with E-state index < -0.39 is 0 Å². The van der Waals surface area contributed by atoms with E-state index in [9.17, 15) is 9.59 Å². The number of rotatable bonds is 2. The Morgan fingerprint density at radius 2 is 2.11 bits per heavy atom. The molecule has 1 aromatic rings. The van der Waals surface area contributed by atoms with E-state index in [0.717, 1.165) is 11.5 Å². The van der Waals surface area contributed by atoms with Crippen LogP contribution in [0.2, 0.25) is 0 Å². The molecule has 3 aliphatic heterocycles. The first-order valence-corrected chi connectivity index (χ1v) is 6.77. The van der Waals surface area contributed by atoms with Crippen LogP contribution in [0.4, 0.5) is 0 Å². The summed E-state index contributed by atoms with van der Waals surface area (Å²) in [6.07, 6.45) is 0.522. The van der Waals surface area contributed by atoms with Crippen molar-refractivity contribution in [2.45, 2.75) is 23.4 Å². The maximum atomic E-state index is 10.6. The summed E-state index contributed by atoms with van der Waals surface area (Å²) in [4.78, 5) is 21.0. The van der Waals surface area contributed by atoms with Crippen LogP contribution in [0, 0.1) is 0 Å². The lowest BCUT2D eigenvalue weighted by atomic mass is 10.1. The Labute approximate surface area is 118 Å². The van der Waals surface area contributed by atoms with Gasteiger partial charge in [0.1, 0.15) is 15.5 Å². The quantitative estimate of drug-likeness (QED) is 0.370. The second-order valence-electron chi connectivity index (χ2n) is 4.06. The molecule has 1 fully saturated rings. The highest BCUT2D eigenvalue weighted by atomic mass is 127. The molecule has 4 rings (SSSR count). The number of ether oxygens (including phenoxy) is 1. The first-order valence-electron chi connectivity index (χ1n) is 5.53. The summed E-state index contributed by atoms with van der Waals surface area (Å²) in [5.74, 6) is 1.96. The molecule has 2 bridgehead atoms. The third-order valence-corrected chi connectivity index (χ3v) is 3.67. The molecule has 0 radical (unpaired) electrons. The van der Waals surface area contributed by atoms with Gasteiger partial charge in [0.25, 0.3) is 0 Å². The highest BCUT2D eigenvalue weighted by Gasteiger charge is 2.31. The third-order valence-electron chi connectivity index (χ3n) is 2.49. The van der Waals surface area contributed by atoms with Crippen molar-refractivity contribution in [3.05, 3.63) is 24.3 Å². The molecule has 0 aliphatic carbocycles. The largest absolute Gasteiger partial charge is 0.457 e. The number of fused-ring (bicyclic) bond motifs is 2. The van der Waals surface area contributed by atoms with E-state index in [2.05, 4.69) is 33.2 Å². The van der Waals surface area contributed by atoms with Crippen LogP contribution in [0.3, 0.4) is 0 Å². The molecule has 96 valence electrons. The predicted molar refractivity (Wildman–Crippen MR) is 74.7 cm³/mol. The molecular weight excluding hydrogens is 347 g/mol. The number of alkyl halides is 1. The lowest BCUT2D eigenvalue weighted by Crippen LogP contribution is -2.57. The molecule has 3 aliphatic rings. The average Bonchev–Trinajstić information content (AvgIpc) is 2.25. The summed E-state index contributed by atoms with van der Waals surface area (Å²) in [6.45, 7) is 1.46. The number of β-lactam (4-membered cyclic amide) rings is 1. The number of hydrogen-bond acceptors (Lipinski definition) is 3. The molecule has 0 aromatic heterocycles. The van der Waals surface area contributed by atoms with Crippen LogP contribution >= 0.6 is 22.6 Å². The Bertz CT molecular complexity index is 445. The van der Waals surface area contributed by atoms with Gasteiger partial charge >= 0.3 is 0 Å². The van der Waals surface area contributed by atoms with Gasteiger partial charge in [0, 0.05) is 19.4 Å². The van der Waals surface area contributed by atoms with E-state index >= 15 is 0 Å². The number of carbonyl (C=O) groups excluding carboxylic acids is 2. The topological polar surface area (TPSA) is 67.4 Å². The van der Waals surface area contributed by atoms with E-state index in [-0.39, 0.29) is 21.9 Å². The molecule has 2 N–H and O–H groups in total. The van der Waals surface area contributed by atoms with Crippen molar-refractivity contribution in [2.24, 2.45) is 0 Å². The summed E-state index contributed by atoms with van der Waals surface area (Å²) < 4.78 is 5.03. The van der Waals surface area contributed by atoms with Gasteiger partial charge in [-0.25, -0.2) is 0 Å². The summed E-state index contributed by atoms with van der Waals surface area (Å²) in [5, 5.41) is 5.38. The molecule has 1 saturated heterocycles. The number of hydrogen-bond donors (Lipinski definition) is 2. The molecule has 2 unspecified atom stereocenters. The zero-order chi connectivity index (χ0) is 13.1. The fraction of sp³-hybridized carbons (Fsp3) is 0.333. The van der Waals surface area contributed by atoms with Crippen LogP contribution < -0.4 is 15.4 Å². The Hall–Kier alpha value is -1.31. The molecule has 2 atom stereocenters. The van der Waals surface area contributed by atoms with Gasteiger partial charge < -0.3 is 15.4 Å². The molecule has 3 heterocycles. The van der Waals surface area contributed by atoms with E-state index in [1.165, 1.54) is 6.92 Å². The molecule has 18 heavy (non-hydrogen) atoms. The average molecular weight is 360 g/mol. The lowest BCUT2D eigenvalue weighted by molar-refractivity contribution is -0.129. The number of carbonyl (C=O) groups is 2. The van der Waals surface area contributed by atoms with Crippen molar-refractivity contribution in [1.82, 2.24) is 10.6 Å². The van der Waals surface area contributed by atoms with Gasteiger partial charge in [-0.1, -0.05) is 28.7 Å². The Morgan fingerprint density at radius 1 is 1.56 bits per heavy atom. The zero-order valence-electron chi connectivity index (χ0n) is 9.77. The van der Waals surface area contributed by atoms with Gasteiger partial charge in [0.05, 0.1) is 6.04 Å². The van der Waals surface area contributed by atoms with Crippen molar-refractivity contribution in [3.63, 3.8) is 0 Å². The Kier molecular flexibility index (Phi) is 4.05. The molecule has 1 aromatic carbocycles. The van der Waals surface area contributed by atoms with Gasteiger partial charge in [0.15, 0.2) is 0 Å². The summed E-state index contributed by atoms with van der Waals surface area (Å²) in [5.41, 5.74) is 0. The minimum atomic E-state index is -0.0643. The second-order valence-corrected chi connectivity index (χ2v) is 5.40. The first kappa shape index (κ1) is 13.1. The van der Waals surface area contributed by atoms with Crippen LogP contribution in [0.5, 0.6) is 11.5 Å². The zero-order valence-corrected chi connectivity index (χ0v) is 11.9. The second kappa shape index (κ2) is 5.55. The maximum Gasteiger partial charge on any atom is 0.222 e. The highest BCUT2D eigenvalue weighted by molar-refractivity contribution is 14.1. The van der Waals surface area contributed by atoms with E-state index in [1.54, 1.807) is 0 Å². The van der Waals surface area contributed by atoms with Gasteiger partial charge in [-0.3, -0.25) is 9.59 Å². The van der Waals surface area contributed by atoms with Crippen molar-refractivity contribution in [2.75, 3.05) is 0 Å². The van der Waals surface area contributed by atoms with Gasteiger partial charge in [-0.05, 0) is 12.1 Å². The molecule has 2 amide bonds. The summed E-state index contributed by atoms with van der Waals surface area (Å²) in [6, 6.07) is 7.97. The van der Waals surface area contributed by atoms with Crippen LogP contribution in [0.25, 0.3) is 0 Å². The minimum Gasteiger partial charge on any atom is -0.457 e. The van der Waals surface area contributed by atoms with Crippen molar-refractivity contribution in [1.29, 1.82) is 0 Å². The van der Waals surface area contributed by atoms with Gasteiger partial charge in [-0.15, -0.1) is 0 Å². The van der Waals surface area contributed by atoms with Crippen molar-refractivity contribution >= 4 is 34.4 Å². The van der Waals surface area contributed by atoms with Gasteiger partial charge in [0.2, 0.25) is 11.8 Å². The van der Waals surface area contributed by atoms with Crippen LogP contribution in [0.1, 0.15) is 13.3 Å². The third kappa shape index (κ3) is 3.34. The summed E-state index contributed by atoms with van der Waals surface area (Å²) in [7, 11) is 0. The molecular formula is C12H13IN2O3. The van der Waals surface area contributed by atoms with E-state index in [1.807, 2.05) is 24.3 Å².